The summed E-state index contributed by atoms with van der Waals surface area (Å²) in [6.45, 7) is 0. The zero-order valence-corrected chi connectivity index (χ0v) is 7.71. The first-order chi connectivity index (χ1) is 5.95. The largest absolute Gasteiger partial charge is 0.0885 e. The molecule has 3 aliphatic carbocycles. The van der Waals surface area contributed by atoms with Crippen LogP contribution in [0.25, 0.3) is 0 Å². The minimum absolute atomic E-state index is 1.10. The molecule has 0 heterocycles. The minimum atomic E-state index is 1.10. The van der Waals surface area contributed by atoms with Gasteiger partial charge in [-0.15, -0.1) is 0 Å². The standard InChI is InChI=1S/C12H18/c1-2-4-11-9-6-7-10(8-9)12(11)5-3-1/h1-2,9-12H,3-8H2. The third-order valence-corrected chi connectivity index (χ3v) is 4.52. The van der Waals surface area contributed by atoms with Crippen LogP contribution in [-0.2, 0) is 0 Å². The van der Waals surface area contributed by atoms with Crippen LogP contribution in [0.5, 0.6) is 0 Å². The van der Waals surface area contributed by atoms with Crippen LogP contribution in [0.15, 0.2) is 12.2 Å². The summed E-state index contributed by atoms with van der Waals surface area (Å²) < 4.78 is 0. The van der Waals surface area contributed by atoms with Crippen molar-refractivity contribution in [1.29, 1.82) is 0 Å². The zero-order chi connectivity index (χ0) is 7.97. The highest BCUT2D eigenvalue weighted by molar-refractivity contribution is 5.02. The van der Waals surface area contributed by atoms with Crippen molar-refractivity contribution in [3.05, 3.63) is 12.2 Å². The molecule has 2 bridgehead atoms. The minimum Gasteiger partial charge on any atom is -0.0885 e. The number of allylic oxidation sites excluding steroid dienone is 2. The summed E-state index contributed by atoms with van der Waals surface area (Å²) in [4.78, 5) is 0. The van der Waals surface area contributed by atoms with Crippen LogP contribution in [0.1, 0.15) is 38.5 Å². The maximum absolute atomic E-state index is 2.45. The van der Waals surface area contributed by atoms with E-state index in [4.69, 9.17) is 0 Å². The third-order valence-electron chi connectivity index (χ3n) is 4.52. The molecule has 0 N–H and O–H groups in total. The van der Waals surface area contributed by atoms with Crippen LogP contribution in [0.4, 0.5) is 0 Å². The van der Waals surface area contributed by atoms with E-state index in [9.17, 15) is 0 Å². The van der Waals surface area contributed by atoms with Gasteiger partial charge in [-0.25, -0.2) is 0 Å². The van der Waals surface area contributed by atoms with E-state index >= 15 is 0 Å². The van der Waals surface area contributed by atoms with E-state index in [0.29, 0.717) is 0 Å². The molecule has 0 amide bonds. The van der Waals surface area contributed by atoms with Gasteiger partial charge < -0.3 is 0 Å². The zero-order valence-electron chi connectivity index (χ0n) is 7.71. The number of rotatable bonds is 0. The molecule has 12 heavy (non-hydrogen) atoms. The molecule has 0 aromatic rings. The Hall–Kier alpha value is -0.260. The maximum Gasteiger partial charge on any atom is -0.0317 e. The maximum atomic E-state index is 2.45. The highest BCUT2D eigenvalue weighted by Gasteiger charge is 2.46. The van der Waals surface area contributed by atoms with Gasteiger partial charge in [0.1, 0.15) is 0 Å². The van der Waals surface area contributed by atoms with Crippen molar-refractivity contribution in [1.82, 2.24) is 0 Å². The molecule has 0 nitrogen and oxygen atoms in total. The molecule has 0 aromatic carbocycles. The lowest BCUT2D eigenvalue weighted by Gasteiger charge is -2.28. The van der Waals surface area contributed by atoms with Crippen LogP contribution in [-0.4, -0.2) is 0 Å². The van der Waals surface area contributed by atoms with E-state index in [1.807, 2.05) is 0 Å². The first-order valence-corrected chi connectivity index (χ1v) is 5.60. The first kappa shape index (κ1) is 7.17. The summed E-state index contributed by atoms with van der Waals surface area (Å²) in [5.74, 6) is 4.49. The molecule has 2 saturated carbocycles. The topological polar surface area (TPSA) is 0 Å². The molecule has 0 spiro atoms. The summed E-state index contributed by atoms with van der Waals surface area (Å²) in [7, 11) is 0. The fraction of sp³-hybridized carbons (Fsp3) is 0.833. The predicted octanol–water partition coefficient (Wildman–Crippen LogP) is 3.39. The summed E-state index contributed by atoms with van der Waals surface area (Å²) in [6.07, 6.45) is 13.8. The summed E-state index contributed by atoms with van der Waals surface area (Å²) >= 11 is 0. The highest BCUT2D eigenvalue weighted by Crippen LogP contribution is 2.55. The van der Waals surface area contributed by atoms with Crippen LogP contribution in [0.3, 0.4) is 0 Å². The predicted molar refractivity (Wildman–Crippen MR) is 50.8 cm³/mol. The van der Waals surface area contributed by atoms with E-state index in [-0.39, 0.29) is 0 Å². The number of hydrogen-bond acceptors (Lipinski definition) is 0. The van der Waals surface area contributed by atoms with E-state index in [1.54, 1.807) is 19.3 Å². The molecule has 66 valence electrons. The van der Waals surface area contributed by atoms with E-state index in [0.717, 1.165) is 23.7 Å². The number of hydrogen-bond donors (Lipinski definition) is 0. The average molecular weight is 162 g/mol. The second-order valence-electron chi connectivity index (χ2n) is 4.95. The van der Waals surface area contributed by atoms with Crippen molar-refractivity contribution in [2.45, 2.75) is 38.5 Å². The van der Waals surface area contributed by atoms with Gasteiger partial charge in [0.2, 0.25) is 0 Å². The molecule has 2 fully saturated rings. The van der Waals surface area contributed by atoms with Crippen molar-refractivity contribution in [3.8, 4) is 0 Å². The van der Waals surface area contributed by atoms with Gasteiger partial charge in [-0.1, -0.05) is 12.2 Å². The summed E-state index contributed by atoms with van der Waals surface area (Å²) in [5.41, 5.74) is 0. The fourth-order valence-corrected chi connectivity index (χ4v) is 4.01. The SMILES string of the molecule is C1=CCC2C3CCC(C3)C2CC1. The lowest BCUT2D eigenvalue weighted by molar-refractivity contribution is 0.216. The Kier molecular flexibility index (Phi) is 1.56. The Labute approximate surface area is 75.0 Å². The van der Waals surface area contributed by atoms with Crippen LogP contribution >= 0.6 is 0 Å². The van der Waals surface area contributed by atoms with Crippen LogP contribution in [0, 0.1) is 23.7 Å². The smallest absolute Gasteiger partial charge is 0.0317 e. The van der Waals surface area contributed by atoms with Crippen molar-refractivity contribution >= 4 is 0 Å². The van der Waals surface area contributed by atoms with Crippen molar-refractivity contribution in [2.24, 2.45) is 23.7 Å². The molecular weight excluding hydrogens is 144 g/mol. The summed E-state index contributed by atoms with van der Waals surface area (Å²) in [5, 5.41) is 0. The second-order valence-corrected chi connectivity index (χ2v) is 4.95. The van der Waals surface area contributed by atoms with E-state index in [2.05, 4.69) is 12.2 Å². The monoisotopic (exact) mass is 162 g/mol. The van der Waals surface area contributed by atoms with Gasteiger partial charge in [-0.05, 0) is 62.2 Å². The van der Waals surface area contributed by atoms with Crippen molar-refractivity contribution < 1.29 is 0 Å². The van der Waals surface area contributed by atoms with Gasteiger partial charge >= 0.3 is 0 Å². The lowest BCUT2D eigenvalue weighted by Crippen LogP contribution is -2.20. The lowest BCUT2D eigenvalue weighted by atomic mass is 9.76. The van der Waals surface area contributed by atoms with Gasteiger partial charge in [0.05, 0.1) is 0 Å². The average Bonchev–Trinajstić information content (AvgIpc) is 2.58. The molecule has 4 atom stereocenters. The van der Waals surface area contributed by atoms with Gasteiger partial charge in [0.15, 0.2) is 0 Å². The molecule has 0 radical (unpaired) electrons. The van der Waals surface area contributed by atoms with E-state index < -0.39 is 0 Å². The van der Waals surface area contributed by atoms with Gasteiger partial charge in [0.25, 0.3) is 0 Å². The Morgan fingerprint density at radius 1 is 0.833 bits per heavy atom. The number of fused-ring (bicyclic) bond motifs is 5. The quantitative estimate of drug-likeness (QED) is 0.479. The van der Waals surface area contributed by atoms with Crippen molar-refractivity contribution in [2.75, 3.05) is 0 Å². The van der Waals surface area contributed by atoms with Gasteiger partial charge in [-0.2, -0.15) is 0 Å². The van der Waals surface area contributed by atoms with Crippen molar-refractivity contribution in [3.63, 3.8) is 0 Å². The highest BCUT2D eigenvalue weighted by atomic mass is 14.5. The Bertz CT molecular complexity index is 204. The van der Waals surface area contributed by atoms with Gasteiger partial charge in [-0.3, -0.25) is 0 Å². The molecule has 0 aliphatic heterocycles. The molecular formula is C12H18. The normalized spacial score (nSPS) is 50.7. The van der Waals surface area contributed by atoms with Crippen LogP contribution in [0.2, 0.25) is 0 Å². The third kappa shape index (κ3) is 0.901. The fourth-order valence-electron chi connectivity index (χ4n) is 4.01. The Morgan fingerprint density at radius 3 is 2.58 bits per heavy atom. The molecule has 0 saturated heterocycles. The molecule has 3 rings (SSSR count). The molecule has 0 heteroatoms. The Morgan fingerprint density at radius 2 is 1.67 bits per heavy atom. The molecule has 0 aromatic heterocycles. The van der Waals surface area contributed by atoms with E-state index in [1.165, 1.54) is 19.3 Å². The second kappa shape index (κ2) is 2.61. The Balaban J connectivity index is 1.85. The van der Waals surface area contributed by atoms with Crippen LogP contribution < -0.4 is 0 Å². The molecule has 4 unspecified atom stereocenters. The summed E-state index contributed by atoms with van der Waals surface area (Å²) in [6, 6.07) is 0. The first-order valence-electron chi connectivity index (χ1n) is 5.60. The molecule has 3 aliphatic rings. The van der Waals surface area contributed by atoms with Gasteiger partial charge in [0, 0.05) is 0 Å².